The Morgan fingerprint density at radius 2 is 1.47 bits per heavy atom. The Hall–Kier alpha value is -3.65. The largest absolute Gasteiger partial charge is 0.357 e. The molecule has 0 fully saturated rings. The van der Waals surface area contributed by atoms with E-state index in [0.29, 0.717) is 5.56 Å². The molecule has 0 saturated heterocycles. The van der Waals surface area contributed by atoms with Crippen molar-refractivity contribution in [3.63, 3.8) is 0 Å². The number of rotatable bonds is 7. The Bertz CT molecular complexity index is 1130. The second-order valence-electron chi connectivity index (χ2n) is 6.43. The number of carbonyl (C=O) groups is 2. The van der Waals surface area contributed by atoms with E-state index < -0.39 is 22.0 Å². The number of hydrogen-bond acceptors (Lipinski definition) is 4. The summed E-state index contributed by atoms with van der Waals surface area (Å²) in [5, 5.41) is 5.23. The van der Waals surface area contributed by atoms with E-state index in [2.05, 4.69) is 15.4 Å². The first-order chi connectivity index (χ1) is 14.4. The van der Waals surface area contributed by atoms with Crippen molar-refractivity contribution < 1.29 is 18.0 Å². The van der Waals surface area contributed by atoms with Gasteiger partial charge in [-0.1, -0.05) is 54.6 Å². The predicted octanol–water partition coefficient (Wildman–Crippen LogP) is 2.70. The van der Waals surface area contributed by atoms with E-state index in [0.717, 1.165) is 0 Å². The second kappa shape index (κ2) is 9.23. The molecule has 3 N–H and O–H groups in total. The van der Waals surface area contributed by atoms with Crippen LogP contribution in [0, 0.1) is 0 Å². The second-order valence-corrected chi connectivity index (χ2v) is 8.11. The lowest BCUT2D eigenvalue weighted by atomic mass is 10.1. The van der Waals surface area contributed by atoms with Crippen LogP contribution in [0.1, 0.15) is 22.0 Å². The third kappa shape index (κ3) is 5.03. The van der Waals surface area contributed by atoms with Gasteiger partial charge >= 0.3 is 0 Å². The summed E-state index contributed by atoms with van der Waals surface area (Å²) in [6, 6.07) is 22.0. The summed E-state index contributed by atoms with van der Waals surface area (Å²) in [5.74, 6) is -0.872. The average molecular weight is 423 g/mol. The van der Waals surface area contributed by atoms with Crippen molar-refractivity contribution in [2.75, 3.05) is 11.8 Å². The molecule has 0 aromatic heterocycles. The predicted molar refractivity (Wildman–Crippen MR) is 114 cm³/mol. The third-order valence-corrected chi connectivity index (χ3v) is 5.74. The van der Waals surface area contributed by atoms with Crippen LogP contribution in [-0.2, 0) is 14.8 Å². The maximum Gasteiger partial charge on any atom is 0.261 e. The van der Waals surface area contributed by atoms with Gasteiger partial charge in [0.25, 0.3) is 15.9 Å². The molecule has 0 heterocycles. The molecule has 0 aliphatic heterocycles. The van der Waals surface area contributed by atoms with E-state index in [9.17, 15) is 18.0 Å². The zero-order valence-corrected chi connectivity index (χ0v) is 17.0. The molecule has 0 bridgehead atoms. The number of hydrogen-bond donors (Lipinski definition) is 3. The van der Waals surface area contributed by atoms with E-state index in [-0.39, 0.29) is 22.1 Å². The molecule has 1 atom stereocenters. The number of benzene rings is 3. The zero-order valence-electron chi connectivity index (χ0n) is 16.2. The number of likely N-dealkylation sites (N-methyl/N-ethyl adjacent to an activating group) is 1. The standard InChI is InChI=1S/C22H21N3O4S/c1-23-22(27)20(16-9-4-2-5-10-16)24-21(26)17-11-8-12-18(15-17)25-30(28,29)19-13-6-3-7-14-19/h2-15,20,25H,1H3,(H,23,27)(H,24,26). The molecular weight excluding hydrogens is 402 g/mol. The quantitative estimate of drug-likeness (QED) is 0.543. The summed E-state index contributed by atoms with van der Waals surface area (Å²) in [7, 11) is -2.30. The monoisotopic (exact) mass is 423 g/mol. The van der Waals surface area contributed by atoms with Crippen molar-refractivity contribution in [3.05, 3.63) is 96.1 Å². The zero-order chi connectivity index (χ0) is 21.6. The SMILES string of the molecule is CNC(=O)C(NC(=O)c1cccc(NS(=O)(=O)c2ccccc2)c1)c1ccccc1. The van der Waals surface area contributed by atoms with Crippen LogP contribution in [0.2, 0.25) is 0 Å². The van der Waals surface area contributed by atoms with E-state index in [1.54, 1.807) is 60.7 Å². The molecule has 0 radical (unpaired) electrons. The molecule has 0 aliphatic carbocycles. The van der Waals surface area contributed by atoms with Gasteiger partial charge in [-0.25, -0.2) is 8.42 Å². The van der Waals surface area contributed by atoms with Gasteiger partial charge in [-0.05, 0) is 35.9 Å². The summed E-state index contributed by atoms with van der Waals surface area (Å²) in [4.78, 5) is 25.2. The van der Waals surface area contributed by atoms with Gasteiger partial charge in [0.05, 0.1) is 4.90 Å². The van der Waals surface area contributed by atoms with E-state index >= 15 is 0 Å². The first kappa shape index (κ1) is 21.1. The molecule has 0 saturated carbocycles. The summed E-state index contributed by atoms with van der Waals surface area (Å²) < 4.78 is 27.5. The summed E-state index contributed by atoms with van der Waals surface area (Å²) >= 11 is 0. The van der Waals surface area contributed by atoms with Gasteiger partial charge in [-0.3, -0.25) is 14.3 Å². The van der Waals surface area contributed by atoms with Gasteiger partial charge in [-0.15, -0.1) is 0 Å². The fourth-order valence-electron chi connectivity index (χ4n) is 2.84. The fourth-order valence-corrected chi connectivity index (χ4v) is 3.91. The highest BCUT2D eigenvalue weighted by Crippen LogP contribution is 2.18. The van der Waals surface area contributed by atoms with Gasteiger partial charge in [0.2, 0.25) is 5.91 Å². The van der Waals surface area contributed by atoms with Crippen LogP contribution < -0.4 is 15.4 Å². The van der Waals surface area contributed by atoms with Crippen molar-refractivity contribution in [1.29, 1.82) is 0 Å². The van der Waals surface area contributed by atoms with Gasteiger partial charge in [0.1, 0.15) is 6.04 Å². The van der Waals surface area contributed by atoms with Crippen LogP contribution in [0.3, 0.4) is 0 Å². The highest BCUT2D eigenvalue weighted by atomic mass is 32.2. The average Bonchev–Trinajstić information content (AvgIpc) is 2.78. The van der Waals surface area contributed by atoms with Gasteiger partial charge in [0, 0.05) is 18.3 Å². The van der Waals surface area contributed by atoms with Crippen molar-refractivity contribution in [3.8, 4) is 0 Å². The van der Waals surface area contributed by atoms with Crippen LogP contribution in [0.4, 0.5) is 5.69 Å². The highest BCUT2D eigenvalue weighted by Gasteiger charge is 2.22. The molecule has 2 amide bonds. The molecule has 8 heteroatoms. The first-order valence-electron chi connectivity index (χ1n) is 9.16. The number of sulfonamides is 1. The maximum atomic E-state index is 12.8. The minimum Gasteiger partial charge on any atom is -0.357 e. The Morgan fingerprint density at radius 3 is 2.10 bits per heavy atom. The van der Waals surface area contributed by atoms with Crippen molar-refractivity contribution >= 4 is 27.5 Å². The normalized spacial score (nSPS) is 11.9. The minimum atomic E-state index is -3.79. The minimum absolute atomic E-state index is 0.114. The highest BCUT2D eigenvalue weighted by molar-refractivity contribution is 7.92. The Kier molecular flexibility index (Phi) is 6.48. The van der Waals surface area contributed by atoms with Crippen LogP contribution in [0.15, 0.2) is 89.8 Å². The lowest BCUT2D eigenvalue weighted by molar-refractivity contribution is -0.122. The molecule has 3 rings (SSSR count). The number of carbonyl (C=O) groups excluding carboxylic acids is 2. The topological polar surface area (TPSA) is 104 Å². The third-order valence-electron chi connectivity index (χ3n) is 4.35. The Morgan fingerprint density at radius 1 is 0.833 bits per heavy atom. The summed E-state index contributed by atoms with van der Waals surface area (Å²) in [6.45, 7) is 0. The lowest BCUT2D eigenvalue weighted by Gasteiger charge is -2.18. The van der Waals surface area contributed by atoms with Crippen molar-refractivity contribution in [1.82, 2.24) is 10.6 Å². The first-order valence-corrected chi connectivity index (χ1v) is 10.6. The molecule has 7 nitrogen and oxygen atoms in total. The van der Waals surface area contributed by atoms with Crippen LogP contribution in [-0.4, -0.2) is 27.3 Å². The van der Waals surface area contributed by atoms with E-state index in [1.165, 1.54) is 25.2 Å². The molecule has 3 aromatic rings. The number of anilines is 1. The van der Waals surface area contributed by atoms with Gasteiger partial charge < -0.3 is 10.6 Å². The number of nitrogens with one attached hydrogen (secondary N) is 3. The smallest absolute Gasteiger partial charge is 0.261 e. The lowest BCUT2D eigenvalue weighted by Crippen LogP contribution is -2.39. The molecule has 0 aliphatic rings. The fraction of sp³-hybridized carbons (Fsp3) is 0.0909. The van der Waals surface area contributed by atoms with Crippen molar-refractivity contribution in [2.45, 2.75) is 10.9 Å². The molecule has 0 spiro atoms. The molecule has 154 valence electrons. The summed E-state index contributed by atoms with van der Waals surface area (Å²) in [6.07, 6.45) is 0. The molecular formula is C22H21N3O4S. The number of amides is 2. The Labute approximate surface area is 175 Å². The van der Waals surface area contributed by atoms with E-state index in [4.69, 9.17) is 0 Å². The van der Waals surface area contributed by atoms with E-state index in [1.807, 2.05) is 6.07 Å². The van der Waals surface area contributed by atoms with Crippen LogP contribution in [0.25, 0.3) is 0 Å². The van der Waals surface area contributed by atoms with Gasteiger partial charge in [0.15, 0.2) is 0 Å². The van der Waals surface area contributed by atoms with Gasteiger partial charge in [-0.2, -0.15) is 0 Å². The molecule has 30 heavy (non-hydrogen) atoms. The Balaban J connectivity index is 1.81. The van der Waals surface area contributed by atoms with Crippen molar-refractivity contribution in [2.24, 2.45) is 0 Å². The summed E-state index contributed by atoms with van der Waals surface area (Å²) in [5.41, 5.74) is 1.09. The molecule has 1 unspecified atom stereocenters. The molecule has 3 aromatic carbocycles. The maximum absolute atomic E-state index is 12.8. The van der Waals surface area contributed by atoms with Crippen LogP contribution in [0.5, 0.6) is 0 Å². The van der Waals surface area contributed by atoms with Crippen LogP contribution >= 0.6 is 0 Å².